The molecular weight excluding hydrogens is 372 g/mol. The minimum Gasteiger partial charge on any atom is -0.493 e. The number of rotatable bonds is 6. The molecule has 4 aromatic rings. The van der Waals surface area contributed by atoms with Crippen molar-refractivity contribution in [1.82, 2.24) is 8.96 Å². The second kappa shape index (κ2) is 7.48. The summed E-state index contributed by atoms with van der Waals surface area (Å²) in [5.41, 5.74) is 3.12. The van der Waals surface area contributed by atoms with Crippen molar-refractivity contribution < 1.29 is 13.2 Å². The van der Waals surface area contributed by atoms with Crippen molar-refractivity contribution in [2.45, 2.75) is 6.42 Å². The number of nitrogens with zero attached hydrogens (tertiary/aromatic N) is 2. The van der Waals surface area contributed by atoms with Crippen molar-refractivity contribution in [2.75, 3.05) is 12.9 Å². The van der Waals surface area contributed by atoms with Gasteiger partial charge in [-0.25, -0.2) is 12.4 Å². The summed E-state index contributed by atoms with van der Waals surface area (Å²) in [6, 6.07) is 22.7. The summed E-state index contributed by atoms with van der Waals surface area (Å²) in [6.45, 7) is 0.528. The van der Waals surface area contributed by atoms with Crippen LogP contribution < -0.4 is 4.74 Å². The van der Waals surface area contributed by atoms with E-state index < -0.39 is 10.0 Å². The molecule has 0 amide bonds. The molecule has 0 unspecified atom stereocenters. The molecule has 0 saturated carbocycles. The Bertz CT molecular complexity index is 1200. The van der Waals surface area contributed by atoms with Crippen LogP contribution in [0.15, 0.2) is 79.0 Å². The number of hydrogen-bond acceptors (Lipinski definition) is 4. The van der Waals surface area contributed by atoms with Gasteiger partial charge in [0.15, 0.2) is 0 Å². The summed E-state index contributed by atoms with van der Waals surface area (Å²) < 4.78 is 31.9. The largest absolute Gasteiger partial charge is 0.493 e. The molecule has 2 aromatic heterocycles. The molecule has 28 heavy (non-hydrogen) atoms. The van der Waals surface area contributed by atoms with E-state index in [1.54, 1.807) is 6.20 Å². The molecule has 2 heterocycles. The van der Waals surface area contributed by atoms with Gasteiger partial charge in [0.2, 0.25) is 10.0 Å². The maximum Gasteiger partial charge on any atom is 0.236 e. The molecule has 0 spiro atoms. The summed E-state index contributed by atoms with van der Waals surface area (Å²) >= 11 is 0. The minimum atomic E-state index is -3.44. The van der Waals surface area contributed by atoms with E-state index in [4.69, 9.17) is 4.74 Å². The second-order valence-electron chi connectivity index (χ2n) is 6.56. The molecular formula is C22H20N2O3S. The van der Waals surface area contributed by atoms with Crippen LogP contribution in [0.3, 0.4) is 0 Å². The van der Waals surface area contributed by atoms with Crippen LogP contribution in [0.25, 0.3) is 22.2 Å². The summed E-state index contributed by atoms with van der Waals surface area (Å²) in [6.07, 6.45) is 3.72. The van der Waals surface area contributed by atoms with Gasteiger partial charge in [-0.2, -0.15) is 0 Å². The van der Waals surface area contributed by atoms with Gasteiger partial charge in [-0.15, -0.1) is 0 Å². The number of hydrogen-bond donors (Lipinski definition) is 0. The SMILES string of the molecule is CS(=O)(=O)n1c(-c2ccc(OCCc3ccccn3)cc2)cc2ccccc21. The van der Waals surface area contributed by atoms with E-state index in [1.165, 1.54) is 10.2 Å². The molecule has 0 aliphatic carbocycles. The molecule has 0 N–H and O–H groups in total. The highest BCUT2D eigenvalue weighted by atomic mass is 32.2. The number of benzene rings is 2. The average Bonchev–Trinajstić information content (AvgIpc) is 3.09. The Kier molecular flexibility index (Phi) is 4.88. The number of pyridine rings is 1. The summed E-state index contributed by atoms with van der Waals surface area (Å²) in [5, 5.41) is 0.888. The third kappa shape index (κ3) is 3.77. The van der Waals surface area contributed by atoms with Gasteiger partial charge in [0.05, 0.1) is 24.1 Å². The zero-order chi connectivity index (χ0) is 19.6. The quantitative estimate of drug-likeness (QED) is 0.495. The third-order valence-electron chi connectivity index (χ3n) is 4.50. The predicted molar refractivity (Wildman–Crippen MR) is 111 cm³/mol. The third-order valence-corrected chi connectivity index (χ3v) is 5.56. The number of ether oxygens (including phenoxy) is 1. The van der Waals surface area contributed by atoms with Crippen molar-refractivity contribution in [1.29, 1.82) is 0 Å². The number of fused-ring (bicyclic) bond motifs is 1. The Balaban J connectivity index is 1.57. The maximum atomic E-state index is 12.4. The van der Waals surface area contributed by atoms with E-state index in [-0.39, 0.29) is 0 Å². The highest BCUT2D eigenvalue weighted by Gasteiger charge is 2.17. The summed E-state index contributed by atoms with van der Waals surface area (Å²) in [5.74, 6) is 0.738. The van der Waals surface area contributed by atoms with Gasteiger partial charge in [-0.3, -0.25) is 4.98 Å². The summed E-state index contributed by atoms with van der Waals surface area (Å²) in [4.78, 5) is 4.28. The van der Waals surface area contributed by atoms with Crippen LogP contribution in [0.2, 0.25) is 0 Å². The number of aromatic nitrogens is 2. The maximum absolute atomic E-state index is 12.4. The first-order valence-electron chi connectivity index (χ1n) is 8.96. The van der Waals surface area contributed by atoms with Crippen molar-refractivity contribution in [3.63, 3.8) is 0 Å². The topological polar surface area (TPSA) is 61.2 Å². The van der Waals surface area contributed by atoms with Gasteiger partial charge in [0.1, 0.15) is 5.75 Å². The Morgan fingerprint density at radius 3 is 2.43 bits per heavy atom. The molecule has 0 saturated heterocycles. The van der Waals surface area contributed by atoms with E-state index in [0.29, 0.717) is 17.8 Å². The smallest absolute Gasteiger partial charge is 0.236 e. The molecule has 4 rings (SSSR count). The summed E-state index contributed by atoms with van der Waals surface area (Å²) in [7, 11) is -3.44. The van der Waals surface area contributed by atoms with E-state index >= 15 is 0 Å². The lowest BCUT2D eigenvalue weighted by Gasteiger charge is -2.10. The van der Waals surface area contributed by atoms with Crippen molar-refractivity contribution >= 4 is 20.9 Å². The highest BCUT2D eigenvalue weighted by molar-refractivity contribution is 7.89. The molecule has 0 aliphatic rings. The average molecular weight is 392 g/mol. The van der Waals surface area contributed by atoms with Gasteiger partial charge >= 0.3 is 0 Å². The lowest BCUT2D eigenvalue weighted by molar-refractivity contribution is 0.320. The molecule has 0 fully saturated rings. The van der Waals surface area contributed by atoms with Crippen LogP contribution >= 0.6 is 0 Å². The fourth-order valence-electron chi connectivity index (χ4n) is 3.23. The second-order valence-corrected chi connectivity index (χ2v) is 8.39. The zero-order valence-corrected chi connectivity index (χ0v) is 16.3. The van der Waals surface area contributed by atoms with Crippen LogP contribution in [-0.2, 0) is 16.4 Å². The van der Waals surface area contributed by atoms with Gasteiger partial charge in [0.25, 0.3) is 0 Å². The zero-order valence-electron chi connectivity index (χ0n) is 15.4. The first kappa shape index (κ1) is 18.3. The Labute approximate surface area is 164 Å². The van der Waals surface area contributed by atoms with E-state index in [1.807, 2.05) is 72.8 Å². The van der Waals surface area contributed by atoms with Gasteiger partial charge in [0, 0.05) is 23.7 Å². The molecule has 0 bridgehead atoms. The first-order chi connectivity index (χ1) is 13.5. The normalized spacial score (nSPS) is 11.6. The van der Waals surface area contributed by atoms with Crippen molar-refractivity contribution in [3.8, 4) is 17.0 Å². The molecule has 142 valence electrons. The van der Waals surface area contributed by atoms with Crippen molar-refractivity contribution in [3.05, 3.63) is 84.7 Å². The van der Waals surface area contributed by atoms with Crippen LogP contribution in [0.1, 0.15) is 5.69 Å². The fourth-order valence-corrected chi connectivity index (χ4v) is 4.27. The van der Waals surface area contributed by atoms with Crippen molar-refractivity contribution in [2.24, 2.45) is 0 Å². The Morgan fingerprint density at radius 1 is 0.964 bits per heavy atom. The van der Waals surface area contributed by atoms with Gasteiger partial charge < -0.3 is 4.74 Å². The standard InChI is InChI=1S/C22H20N2O3S/c1-28(25,26)24-21-8-3-2-6-18(21)16-22(24)17-9-11-20(12-10-17)27-15-13-19-7-4-5-14-23-19/h2-12,14,16H,13,15H2,1H3. The predicted octanol–water partition coefficient (Wildman–Crippen LogP) is 4.13. The molecule has 5 nitrogen and oxygen atoms in total. The molecule has 0 radical (unpaired) electrons. The molecule has 0 aliphatic heterocycles. The van der Waals surface area contributed by atoms with E-state index in [2.05, 4.69) is 4.98 Å². The lowest BCUT2D eigenvalue weighted by Crippen LogP contribution is -2.11. The monoisotopic (exact) mass is 392 g/mol. The first-order valence-corrected chi connectivity index (χ1v) is 10.8. The van der Waals surface area contributed by atoms with Crippen LogP contribution in [-0.4, -0.2) is 30.2 Å². The Morgan fingerprint density at radius 2 is 1.71 bits per heavy atom. The number of para-hydroxylation sites is 1. The lowest BCUT2D eigenvalue weighted by atomic mass is 10.1. The van der Waals surface area contributed by atoms with Gasteiger partial charge in [-0.05, 0) is 54.1 Å². The van der Waals surface area contributed by atoms with Crippen LogP contribution in [0.5, 0.6) is 5.75 Å². The van der Waals surface area contributed by atoms with Crippen LogP contribution in [0, 0.1) is 0 Å². The fraction of sp³-hybridized carbons (Fsp3) is 0.136. The van der Waals surface area contributed by atoms with E-state index in [9.17, 15) is 8.42 Å². The molecule has 6 heteroatoms. The van der Waals surface area contributed by atoms with E-state index in [0.717, 1.165) is 28.8 Å². The molecule has 0 atom stereocenters. The Hall–Kier alpha value is -3.12. The van der Waals surface area contributed by atoms with Gasteiger partial charge in [-0.1, -0.05) is 24.3 Å². The van der Waals surface area contributed by atoms with Crippen LogP contribution in [0.4, 0.5) is 0 Å². The highest BCUT2D eigenvalue weighted by Crippen LogP contribution is 2.30. The molecule has 2 aromatic carbocycles. The minimum absolute atomic E-state index is 0.528.